The number of rotatable bonds is 4. The minimum atomic E-state index is -1.24. The molecule has 0 atom stereocenters. The molecular weight excluding hydrogens is 360 g/mol. The molecule has 3 rings (SSSR count). The van der Waals surface area contributed by atoms with E-state index in [1.165, 1.54) is 6.07 Å². The van der Waals surface area contributed by atoms with Crippen molar-refractivity contribution in [2.24, 2.45) is 0 Å². The smallest absolute Gasteiger partial charge is 0.340 e. The molecule has 0 fully saturated rings. The van der Waals surface area contributed by atoms with Gasteiger partial charge >= 0.3 is 5.97 Å². The van der Waals surface area contributed by atoms with Gasteiger partial charge < -0.3 is 10.1 Å². The molecule has 27 heavy (non-hydrogen) atoms. The Morgan fingerprint density at radius 3 is 2.48 bits per heavy atom. The Hall–Kier alpha value is -3.69. The van der Waals surface area contributed by atoms with Crippen molar-refractivity contribution in [2.75, 3.05) is 12.4 Å². The highest BCUT2D eigenvalue weighted by Crippen LogP contribution is 2.21. The van der Waals surface area contributed by atoms with Crippen LogP contribution in [0.1, 0.15) is 26.5 Å². The number of nitrogens with zero attached hydrogens (tertiary/aromatic N) is 4. The van der Waals surface area contributed by atoms with Crippen LogP contribution in [0.5, 0.6) is 0 Å². The van der Waals surface area contributed by atoms with Crippen molar-refractivity contribution >= 4 is 17.6 Å². The van der Waals surface area contributed by atoms with E-state index in [2.05, 4.69) is 25.2 Å². The molecule has 1 aromatic carbocycles. The van der Waals surface area contributed by atoms with Gasteiger partial charge in [-0.3, -0.25) is 9.36 Å². The molecule has 2 aromatic heterocycles. The van der Waals surface area contributed by atoms with Gasteiger partial charge in [-0.25, -0.2) is 18.6 Å². The number of ether oxygens (including phenoxy) is 1. The van der Waals surface area contributed by atoms with Crippen molar-refractivity contribution in [1.82, 2.24) is 19.7 Å². The quantitative estimate of drug-likeness (QED) is 0.705. The van der Waals surface area contributed by atoms with Crippen LogP contribution in [0.3, 0.4) is 0 Å². The lowest BCUT2D eigenvalue weighted by Crippen LogP contribution is -2.18. The predicted molar refractivity (Wildman–Crippen MR) is 89.5 cm³/mol. The fraction of sp³-hybridized carbons (Fsp3) is 0.118. The Kier molecular flexibility index (Phi) is 4.88. The predicted octanol–water partition coefficient (Wildman–Crippen LogP) is 2.29. The highest BCUT2D eigenvalue weighted by Gasteiger charge is 2.19. The van der Waals surface area contributed by atoms with Crippen LogP contribution in [0.4, 0.5) is 14.5 Å². The van der Waals surface area contributed by atoms with Crippen LogP contribution in [-0.2, 0) is 4.74 Å². The van der Waals surface area contributed by atoms with E-state index in [1.807, 2.05) is 6.92 Å². The SMILES string of the molecule is COC(=O)c1cc(F)c(F)cc1NC(=O)c1ccc(-n2cncc2C)nn1. The van der Waals surface area contributed by atoms with Crippen molar-refractivity contribution in [3.8, 4) is 5.82 Å². The molecule has 0 bridgehead atoms. The van der Waals surface area contributed by atoms with Gasteiger partial charge in [-0.2, -0.15) is 0 Å². The van der Waals surface area contributed by atoms with E-state index < -0.39 is 23.5 Å². The summed E-state index contributed by atoms with van der Waals surface area (Å²) in [6, 6.07) is 4.28. The first-order chi connectivity index (χ1) is 12.9. The third-order valence-electron chi connectivity index (χ3n) is 3.67. The van der Waals surface area contributed by atoms with Crippen molar-refractivity contribution in [3.63, 3.8) is 0 Å². The van der Waals surface area contributed by atoms with Crippen LogP contribution in [0.15, 0.2) is 36.8 Å². The first-order valence-electron chi connectivity index (χ1n) is 7.62. The van der Waals surface area contributed by atoms with Crippen LogP contribution in [0.25, 0.3) is 5.82 Å². The van der Waals surface area contributed by atoms with E-state index in [0.717, 1.165) is 12.8 Å². The van der Waals surface area contributed by atoms with Crippen molar-refractivity contribution < 1.29 is 23.1 Å². The van der Waals surface area contributed by atoms with E-state index in [-0.39, 0.29) is 16.9 Å². The number of amides is 1. The van der Waals surface area contributed by atoms with E-state index in [1.54, 1.807) is 23.2 Å². The normalized spacial score (nSPS) is 10.5. The minimum Gasteiger partial charge on any atom is -0.465 e. The first kappa shape index (κ1) is 18.1. The summed E-state index contributed by atoms with van der Waals surface area (Å²) in [5.41, 5.74) is 0.161. The second-order valence-electron chi connectivity index (χ2n) is 5.44. The van der Waals surface area contributed by atoms with Crippen LogP contribution < -0.4 is 5.32 Å². The Morgan fingerprint density at radius 1 is 1.15 bits per heavy atom. The number of benzene rings is 1. The first-order valence-corrected chi connectivity index (χ1v) is 7.62. The fourth-order valence-corrected chi connectivity index (χ4v) is 2.29. The van der Waals surface area contributed by atoms with E-state index in [4.69, 9.17) is 0 Å². The zero-order valence-corrected chi connectivity index (χ0v) is 14.2. The van der Waals surface area contributed by atoms with Crippen molar-refractivity contribution in [3.05, 3.63) is 65.4 Å². The number of hydrogen-bond donors (Lipinski definition) is 1. The molecule has 0 unspecified atom stereocenters. The highest BCUT2D eigenvalue weighted by atomic mass is 19.2. The lowest BCUT2D eigenvalue weighted by Gasteiger charge is -2.10. The van der Waals surface area contributed by atoms with Gasteiger partial charge in [-0.15, -0.1) is 10.2 Å². The Labute approximate surface area is 151 Å². The number of hydrogen-bond acceptors (Lipinski definition) is 6. The largest absolute Gasteiger partial charge is 0.465 e. The summed E-state index contributed by atoms with van der Waals surface area (Å²) >= 11 is 0. The number of carbonyl (C=O) groups excluding carboxylic acids is 2. The molecule has 0 aliphatic rings. The molecule has 0 saturated carbocycles. The molecule has 8 nitrogen and oxygen atoms in total. The molecule has 0 aliphatic heterocycles. The van der Waals surface area contributed by atoms with Gasteiger partial charge in [0.15, 0.2) is 23.1 Å². The molecule has 10 heteroatoms. The number of esters is 1. The summed E-state index contributed by atoms with van der Waals surface area (Å²) < 4.78 is 33.1. The number of carbonyl (C=O) groups is 2. The van der Waals surface area contributed by atoms with Crippen LogP contribution >= 0.6 is 0 Å². The zero-order chi connectivity index (χ0) is 19.6. The van der Waals surface area contributed by atoms with Gasteiger partial charge in [0.25, 0.3) is 5.91 Å². The third kappa shape index (κ3) is 3.64. The van der Waals surface area contributed by atoms with Gasteiger partial charge in [0.05, 0.1) is 18.4 Å². The summed E-state index contributed by atoms with van der Waals surface area (Å²) in [5.74, 6) is -3.71. The number of aryl methyl sites for hydroxylation is 1. The maximum Gasteiger partial charge on any atom is 0.340 e. The number of imidazole rings is 1. The van der Waals surface area contributed by atoms with Crippen molar-refractivity contribution in [1.29, 1.82) is 0 Å². The number of anilines is 1. The maximum absolute atomic E-state index is 13.5. The van der Waals surface area contributed by atoms with Gasteiger partial charge in [0, 0.05) is 18.0 Å². The molecule has 138 valence electrons. The summed E-state index contributed by atoms with van der Waals surface area (Å²) in [7, 11) is 1.08. The average Bonchev–Trinajstić information content (AvgIpc) is 3.10. The lowest BCUT2D eigenvalue weighted by molar-refractivity contribution is 0.0601. The van der Waals surface area contributed by atoms with E-state index in [0.29, 0.717) is 18.0 Å². The molecule has 0 spiro atoms. The molecule has 0 radical (unpaired) electrons. The fourth-order valence-electron chi connectivity index (χ4n) is 2.29. The molecule has 0 saturated heterocycles. The van der Waals surface area contributed by atoms with Gasteiger partial charge in [-0.1, -0.05) is 0 Å². The zero-order valence-electron chi connectivity index (χ0n) is 14.2. The summed E-state index contributed by atoms with van der Waals surface area (Å²) in [4.78, 5) is 28.0. The molecule has 3 aromatic rings. The maximum atomic E-state index is 13.5. The molecular formula is C17H13F2N5O3. The highest BCUT2D eigenvalue weighted by molar-refractivity contribution is 6.07. The minimum absolute atomic E-state index is 0.0860. The third-order valence-corrected chi connectivity index (χ3v) is 3.67. The topological polar surface area (TPSA) is 99.0 Å². The second kappa shape index (κ2) is 7.28. The number of halogens is 2. The second-order valence-corrected chi connectivity index (χ2v) is 5.44. The standard InChI is InChI=1S/C17H13F2N5O3/c1-9-7-20-8-24(9)15-4-3-13(22-23-15)16(25)21-14-6-12(19)11(18)5-10(14)17(26)27-2/h3-8H,1-2H3,(H,21,25). The average molecular weight is 373 g/mol. The number of aromatic nitrogens is 4. The summed E-state index contributed by atoms with van der Waals surface area (Å²) in [6.07, 6.45) is 3.18. The Balaban J connectivity index is 1.86. The van der Waals surface area contributed by atoms with E-state index >= 15 is 0 Å². The summed E-state index contributed by atoms with van der Waals surface area (Å²) in [5, 5.41) is 10.1. The van der Waals surface area contributed by atoms with Gasteiger partial charge in [-0.05, 0) is 25.1 Å². The Bertz CT molecular complexity index is 1020. The Morgan fingerprint density at radius 2 is 1.89 bits per heavy atom. The lowest BCUT2D eigenvalue weighted by atomic mass is 10.1. The van der Waals surface area contributed by atoms with Gasteiger partial charge in [0.1, 0.15) is 6.33 Å². The molecule has 1 amide bonds. The molecule has 2 heterocycles. The van der Waals surface area contributed by atoms with Crippen LogP contribution in [0, 0.1) is 18.6 Å². The molecule has 0 aliphatic carbocycles. The van der Waals surface area contributed by atoms with Crippen LogP contribution in [-0.4, -0.2) is 38.7 Å². The monoisotopic (exact) mass is 373 g/mol. The van der Waals surface area contributed by atoms with Crippen LogP contribution in [0.2, 0.25) is 0 Å². The number of nitrogens with one attached hydrogen (secondary N) is 1. The van der Waals surface area contributed by atoms with E-state index in [9.17, 15) is 18.4 Å². The van der Waals surface area contributed by atoms with Gasteiger partial charge in [0.2, 0.25) is 0 Å². The summed E-state index contributed by atoms with van der Waals surface area (Å²) in [6.45, 7) is 1.83. The number of methoxy groups -OCH3 is 1. The van der Waals surface area contributed by atoms with Crippen molar-refractivity contribution in [2.45, 2.75) is 6.92 Å². The molecule has 1 N–H and O–H groups in total.